The second-order valence-corrected chi connectivity index (χ2v) is 5.79. The molecule has 19 heavy (non-hydrogen) atoms. The molecule has 106 valence electrons. The van der Waals surface area contributed by atoms with Crippen molar-refractivity contribution in [3.63, 3.8) is 0 Å². The minimum absolute atomic E-state index is 0.0467. The number of hydrogen-bond donors (Lipinski definition) is 1. The molecule has 0 saturated heterocycles. The van der Waals surface area contributed by atoms with Crippen LogP contribution < -0.4 is 5.32 Å². The Kier molecular flexibility index (Phi) is 6.28. The molecule has 1 atom stereocenters. The van der Waals surface area contributed by atoms with E-state index in [0.29, 0.717) is 10.9 Å². The first kappa shape index (κ1) is 16.0. The van der Waals surface area contributed by atoms with Crippen molar-refractivity contribution in [1.29, 1.82) is 0 Å². The molecule has 0 saturated carbocycles. The number of nitrogens with one attached hydrogen (secondary N) is 1. The van der Waals surface area contributed by atoms with Gasteiger partial charge in [0.1, 0.15) is 0 Å². The lowest BCUT2D eigenvalue weighted by molar-refractivity contribution is -0.119. The van der Waals surface area contributed by atoms with E-state index in [0.717, 1.165) is 29.8 Å². The fourth-order valence-electron chi connectivity index (χ4n) is 1.76. The molecule has 1 heterocycles. The summed E-state index contributed by atoms with van der Waals surface area (Å²) >= 11 is 1.39. The Labute approximate surface area is 119 Å². The van der Waals surface area contributed by atoms with Gasteiger partial charge >= 0.3 is 0 Å². The van der Waals surface area contributed by atoms with Crippen LogP contribution in [0.2, 0.25) is 0 Å². The third kappa shape index (κ3) is 5.19. The Morgan fingerprint density at radius 1 is 1.26 bits per heavy atom. The smallest absolute Gasteiger partial charge is 0.230 e. The van der Waals surface area contributed by atoms with E-state index in [-0.39, 0.29) is 11.9 Å². The van der Waals surface area contributed by atoms with Gasteiger partial charge in [0, 0.05) is 17.4 Å². The maximum Gasteiger partial charge on any atom is 0.230 e. The molecule has 1 amide bonds. The molecule has 0 unspecified atom stereocenters. The molecular formula is C14H23N3OS. The normalized spacial score (nSPS) is 12.3. The van der Waals surface area contributed by atoms with Gasteiger partial charge in [-0.25, -0.2) is 9.97 Å². The van der Waals surface area contributed by atoms with Crippen molar-refractivity contribution in [2.75, 3.05) is 5.75 Å². The highest BCUT2D eigenvalue weighted by Gasteiger charge is 2.10. The van der Waals surface area contributed by atoms with Crippen LogP contribution >= 0.6 is 11.8 Å². The van der Waals surface area contributed by atoms with Crippen LogP contribution in [0.15, 0.2) is 5.16 Å². The third-order valence-corrected chi connectivity index (χ3v) is 3.92. The average Bonchev–Trinajstić information content (AvgIpc) is 2.33. The van der Waals surface area contributed by atoms with Crippen molar-refractivity contribution in [1.82, 2.24) is 15.3 Å². The molecule has 1 aromatic rings. The monoisotopic (exact) mass is 281 g/mol. The van der Waals surface area contributed by atoms with Gasteiger partial charge in [0.25, 0.3) is 0 Å². The van der Waals surface area contributed by atoms with E-state index in [4.69, 9.17) is 0 Å². The van der Waals surface area contributed by atoms with Crippen molar-refractivity contribution >= 4 is 17.7 Å². The minimum Gasteiger partial charge on any atom is -0.353 e. The highest BCUT2D eigenvalue weighted by molar-refractivity contribution is 7.99. The lowest BCUT2D eigenvalue weighted by atomic mass is 10.2. The number of carbonyl (C=O) groups excluding carboxylic acids is 1. The molecule has 0 aromatic carbocycles. The van der Waals surface area contributed by atoms with Crippen LogP contribution in [-0.2, 0) is 4.79 Å². The van der Waals surface area contributed by atoms with Crippen LogP contribution in [0.5, 0.6) is 0 Å². The molecule has 1 aromatic heterocycles. The largest absolute Gasteiger partial charge is 0.353 e. The van der Waals surface area contributed by atoms with Gasteiger partial charge in [-0.3, -0.25) is 4.79 Å². The van der Waals surface area contributed by atoms with E-state index in [1.165, 1.54) is 11.8 Å². The second kappa shape index (κ2) is 7.48. The van der Waals surface area contributed by atoms with Crippen molar-refractivity contribution in [3.05, 3.63) is 17.0 Å². The maximum atomic E-state index is 11.8. The van der Waals surface area contributed by atoms with Crippen LogP contribution in [0.4, 0.5) is 0 Å². The molecule has 1 N–H and O–H groups in total. The topological polar surface area (TPSA) is 54.9 Å². The van der Waals surface area contributed by atoms with Crippen molar-refractivity contribution < 1.29 is 4.79 Å². The van der Waals surface area contributed by atoms with E-state index >= 15 is 0 Å². The van der Waals surface area contributed by atoms with E-state index in [1.807, 2.05) is 27.7 Å². The summed E-state index contributed by atoms with van der Waals surface area (Å²) in [6, 6.07) is 0.237. The van der Waals surface area contributed by atoms with Crippen molar-refractivity contribution in [2.45, 2.75) is 58.7 Å². The van der Waals surface area contributed by atoms with Crippen LogP contribution in [-0.4, -0.2) is 27.7 Å². The van der Waals surface area contributed by atoms with Gasteiger partial charge in [-0.05, 0) is 39.7 Å². The highest BCUT2D eigenvalue weighted by atomic mass is 32.2. The first-order valence-electron chi connectivity index (χ1n) is 6.68. The summed E-state index contributed by atoms with van der Waals surface area (Å²) in [5.41, 5.74) is 3.08. The molecule has 0 radical (unpaired) electrons. The van der Waals surface area contributed by atoms with Gasteiger partial charge in [-0.2, -0.15) is 0 Å². The predicted octanol–water partition coefficient (Wildman–Crippen LogP) is 2.80. The van der Waals surface area contributed by atoms with E-state index in [1.54, 1.807) is 0 Å². The summed E-state index contributed by atoms with van der Waals surface area (Å²) in [6.45, 7) is 10.1. The molecule has 4 nitrogen and oxygen atoms in total. The Bertz CT molecular complexity index is 425. The Morgan fingerprint density at radius 2 is 1.84 bits per heavy atom. The third-order valence-electron chi connectivity index (χ3n) is 3.07. The van der Waals surface area contributed by atoms with E-state index in [9.17, 15) is 4.79 Å². The van der Waals surface area contributed by atoms with Crippen molar-refractivity contribution in [3.8, 4) is 0 Å². The summed E-state index contributed by atoms with van der Waals surface area (Å²) in [7, 11) is 0. The molecule has 0 aliphatic rings. The summed E-state index contributed by atoms with van der Waals surface area (Å²) in [5.74, 6) is 0.418. The number of amides is 1. The van der Waals surface area contributed by atoms with Gasteiger partial charge in [0.2, 0.25) is 5.91 Å². The number of hydrogen-bond acceptors (Lipinski definition) is 4. The van der Waals surface area contributed by atoms with Gasteiger partial charge in [0.05, 0.1) is 5.75 Å². The van der Waals surface area contributed by atoms with Gasteiger partial charge in [-0.15, -0.1) is 0 Å². The molecule has 0 fully saturated rings. The molecular weight excluding hydrogens is 258 g/mol. The molecule has 1 rings (SSSR count). The number of nitrogens with zero attached hydrogens (tertiary/aromatic N) is 2. The zero-order valence-electron chi connectivity index (χ0n) is 12.4. The SMILES string of the molecule is CCC[C@H](C)NC(=O)CSc1nc(C)c(C)c(C)n1. The van der Waals surface area contributed by atoms with Gasteiger partial charge < -0.3 is 5.32 Å². The Balaban J connectivity index is 2.51. The average molecular weight is 281 g/mol. The van der Waals surface area contributed by atoms with Crippen LogP contribution in [0, 0.1) is 20.8 Å². The second-order valence-electron chi connectivity index (χ2n) is 4.85. The number of aryl methyl sites for hydroxylation is 2. The molecule has 5 heteroatoms. The fraction of sp³-hybridized carbons (Fsp3) is 0.643. The zero-order chi connectivity index (χ0) is 14.4. The number of rotatable bonds is 6. The van der Waals surface area contributed by atoms with Gasteiger partial charge in [-0.1, -0.05) is 25.1 Å². The van der Waals surface area contributed by atoms with E-state index < -0.39 is 0 Å². The van der Waals surface area contributed by atoms with Crippen LogP contribution in [0.3, 0.4) is 0 Å². The van der Waals surface area contributed by atoms with Crippen LogP contribution in [0.1, 0.15) is 43.6 Å². The summed E-state index contributed by atoms with van der Waals surface area (Å²) in [5, 5.41) is 3.66. The Morgan fingerprint density at radius 3 is 2.37 bits per heavy atom. The van der Waals surface area contributed by atoms with E-state index in [2.05, 4.69) is 22.2 Å². The quantitative estimate of drug-likeness (QED) is 0.643. The molecule has 0 aliphatic carbocycles. The van der Waals surface area contributed by atoms with Crippen LogP contribution in [0.25, 0.3) is 0 Å². The fourth-order valence-corrected chi connectivity index (χ4v) is 2.50. The summed E-state index contributed by atoms with van der Waals surface area (Å²) in [4.78, 5) is 20.5. The number of aromatic nitrogens is 2. The zero-order valence-corrected chi connectivity index (χ0v) is 13.2. The maximum absolute atomic E-state index is 11.8. The molecule has 0 spiro atoms. The molecule has 0 aliphatic heterocycles. The first-order valence-corrected chi connectivity index (χ1v) is 7.66. The highest BCUT2D eigenvalue weighted by Crippen LogP contribution is 2.16. The number of carbonyl (C=O) groups is 1. The standard InChI is InChI=1S/C14H23N3OS/c1-6-7-9(2)15-13(18)8-19-14-16-11(4)10(3)12(5)17-14/h9H,6-8H2,1-5H3,(H,15,18)/t9-/m0/s1. The summed E-state index contributed by atoms with van der Waals surface area (Å²) < 4.78 is 0. The Hall–Kier alpha value is -1.10. The lowest BCUT2D eigenvalue weighted by Gasteiger charge is -2.12. The number of thioether (sulfide) groups is 1. The minimum atomic E-state index is 0.0467. The van der Waals surface area contributed by atoms with Crippen molar-refractivity contribution in [2.24, 2.45) is 0 Å². The lowest BCUT2D eigenvalue weighted by Crippen LogP contribution is -2.33. The predicted molar refractivity (Wildman–Crippen MR) is 79.5 cm³/mol. The first-order chi connectivity index (χ1) is 8.93. The van der Waals surface area contributed by atoms with Gasteiger partial charge in [0.15, 0.2) is 5.16 Å². The molecule has 0 bridgehead atoms. The summed E-state index contributed by atoms with van der Waals surface area (Å²) in [6.07, 6.45) is 2.09.